The molecule has 0 fully saturated rings. The Bertz CT molecular complexity index is 1520. The first kappa shape index (κ1) is 26.0. The van der Waals surface area contributed by atoms with E-state index in [0.717, 1.165) is 28.7 Å². The number of para-hydroxylation sites is 1. The van der Waals surface area contributed by atoms with Crippen molar-refractivity contribution in [3.05, 3.63) is 87.4 Å². The molecule has 0 amide bonds. The number of benzene rings is 3. The van der Waals surface area contributed by atoms with Crippen LogP contribution in [0.2, 0.25) is 10.0 Å². The Kier molecular flexibility index (Phi) is 7.29. The molecular weight excluding hydrogens is 560 g/mol. The lowest BCUT2D eigenvalue weighted by Crippen LogP contribution is -2.24. The molecule has 0 radical (unpaired) electrons. The number of hydrazone groups is 1. The van der Waals surface area contributed by atoms with E-state index in [2.05, 4.69) is 25.7 Å². The summed E-state index contributed by atoms with van der Waals surface area (Å²) in [5, 5.41) is 12.4. The van der Waals surface area contributed by atoms with Crippen molar-refractivity contribution in [1.82, 2.24) is 10.6 Å². The maximum Gasteiger partial charge on any atom is 0.573 e. The van der Waals surface area contributed by atoms with E-state index in [1.54, 1.807) is 24.4 Å². The van der Waals surface area contributed by atoms with Gasteiger partial charge in [0.15, 0.2) is 10.9 Å². The second-order valence-corrected chi connectivity index (χ2v) is 9.47. The third kappa shape index (κ3) is 5.77. The number of nitrogens with one attached hydrogen (secondary N) is 2. The summed E-state index contributed by atoms with van der Waals surface area (Å²) in [6, 6.07) is 16.5. The minimum atomic E-state index is -4.75. The normalized spacial score (nSPS) is 12.7. The summed E-state index contributed by atoms with van der Waals surface area (Å²) in [6.45, 7) is 0. The van der Waals surface area contributed by atoms with E-state index in [1.165, 1.54) is 24.3 Å². The van der Waals surface area contributed by atoms with E-state index >= 15 is 0 Å². The van der Waals surface area contributed by atoms with E-state index in [9.17, 15) is 13.2 Å². The van der Waals surface area contributed by atoms with Gasteiger partial charge in [0.1, 0.15) is 11.4 Å². The Labute approximate surface area is 230 Å². The number of fused-ring (bicyclic) bond motifs is 3. The molecule has 194 valence electrons. The average molecular weight is 577 g/mol. The molecule has 2 N–H and O–H groups in total. The smallest absolute Gasteiger partial charge is 0.406 e. The molecule has 5 rings (SSSR count). The van der Waals surface area contributed by atoms with E-state index in [-0.39, 0.29) is 10.9 Å². The van der Waals surface area contributed by atoms with Crippen LogP contribution in [0, 0.1) is 0 Å². The number of alkyl halides is 3. The number of rotatable bonds is 5. The van der Waals surface area contributed by atoms with Gasteiger partial charge in [0, 0.05) is 16.7 Å². The molecule has 0 spiro atoms. The second-order valence-electron chi connectivity index (χ2n) is 8.25. The Morgan fingerprint density at radius 2 is 1.79 bits per heavy atom. The van der Waals surface area contributed by atoms with Gasteiger partial charge in [0.25, 0.3) is 0 Å². The molecule has 0 atom stereocenters. The highest BCUT2D eigenvalue weighted by molar-refractivity contribution is 7.80. The number of anilines is 1. The third-order valence-electron chi connectivity index (χ3n) is 5.75. The molecule has 38 heavy (non-hydrogen) atoms. The fourth-order valence-electron chi connectivity index (χ4n) is 4.10. The van der Waals surface area contributed by atoms with Crippen LogP contribution in [-0.2, 0) is 12.8 Å². The molecule has 1 heterocycles. The minimum Gasteiger partial charge on any atom is -0.406 e. The molecule has 1 aliphatic carbocycles. The Balaban J connectivity index is 1.28. The molecule has 3 aromatic carbocycles. The van der Waals surface area contributed by atoms with Crippen LogP contribution < -0.4 is 15.5 Å². The Morgan fingerprint density at radius 3 is 2.50 bits per heavy atom. The molecule has 1 aromatic heterocycles. The Hall–Kier alpha value is -3.60. The maximum atomic E-state index is 12.4. The largest absolute Gasteiger partial charge is 0.573 e. The predicted octanol–water partition coefficient (Wildman–Crippen LogP) is 7.63. The van der Waals surface area contributed by atoms with Gasteiger partial charge in [-0.3, -0.25) is 5.43 Å². The van der Waals surface area contributed by atoms with Crippen LogP contribution >= 0.6 is 35.4 Å². The lowest BCUT2D eigenvalue weighted by atomic mass is 9.87. The van der Waals surface area contributed by atoms with Gasteiger partial charge in [-0.2, -0.15) is 5.10 Å². The van der Waals surface area contributed by atoms with Crippen LogP contribution in [0.1, 0.15) is 16.7 Å². The second kappa shape index (κ2) is 10.6. The molecule has 0 aliphatic heterocycles. The van der Waals surface area contributed by atoms with Gasteiger partial charge >= 0.3 is 6.36 Å². The van der Waals surface area contributed by atoms with Crippen LogP contribution in [0.25, 0.3) is 22.6 Å². The van der Waals surface area contributed by atoms with Crippen molar-refractivity contribution in [3.63, 3.8) is 0 Å². The zero-order valence-electron chi connectivity index (χ0n) is 19.3. The summed E-state index contributed by atoms with van der Waals surface area (Å²) in [6.07, 6.45) is -1.72. The molecule has 6 nitrogen and oxygen atoms in total. The van der Waals surface area contributed by atoms with E-state index in [0.29, 0.717) is 39.2 Å². The summed E-state index contributed by atoms with van der Waals surface area (Å²) >= 11 is 17.5. The number of aromatic nitrogens is 1. The molecule has 12 heteroatoms. The van der Waals surface area contributed by atoms with Gasteiger partial charge in [0.05, 0.1) is 21.9 Å². The van der Waals surface area contributed by atoms with Crippen molar-refractivity contribution < 1.29 is 22.4 Å². The van der Waals surface area contributed by atoms with Crippen LogP contribution in [0.3, 0.4) is 0 Å². The van der Waals surface area contributed by atoms with Gasteiger partial charge < -0.3 is 14.6 Å². The summed E-state index contributed by atoms with van der Waals surface area (Å²) in [5.74, 6) is 0.228. The monoisotopic (exact) mass is 576 g/mol. The first-order valence-electron chi connectivity index (χ1n) is 11.2. The Morgan fingerprint density at radius 1 is 1.05 bits per heavy atom. The number of aryl methyl sites for hydroxylation is 1. The van der Waals surface area contributed by atoms with Crippen molar-refractivity contribution in [1.29, 1.82) is 0 Å². The molecule has 4 aromatic rings. The number of nitrogens with zero attached hydrogens (tertiary/aromatic N) is 2. The van der Waals surface area contributed by atoms with Crippen molar-refractivity contribution in [2.45, 2.75) is 19.2 Å². The van der Waals surface area contributed by atoms with Crippen molar-refractivity contribution in [3.8, 4) is 28.3 Å². The minimum absolute atomic E-state index is 0.229. The van der Waals surface area contributed by atoms with Gasteiger partial charge in [0.2, 0.25) is 0 Å². The fraction of sp³-hybridized carbons (Fsp3) is 0.115. The van der Waals surface area contributed by atoms with Crippen LogP contribution in [0.15, 0.2) is 70.3 Å². The van der Waals surface area contributed by atoms with Gasteiger partial charge in [-0.25, -0.2) is 0 Å². The number of ether oxygens (including phenoxy) is 1. The van der Waals surface area contributed by atoms with Gasteiger partial charge in [-0.15, -0.1) is 13.2 Å². The SMILES string of the molecule is FC(F)(F)Oc1ccc(-c2onc3c2CCc2cc(C=NNC(=S)Nc4c(Cl)cccc4Cl)ccc2-3)cc1. The number of hydrogen-bond acceptors (Lipinski definition) is 5. The highest BCUT2D eigenvalue weighted by Gasteiger charge is 2.31. The van der Waals surface area contributed by atoms with Gasteiger partial charge in [-0.05, 0) is 78.7 Å². The third-order valence-corrected chi connectivity index (χ3v) is 6.57. The summed E-state index contributed by atoms with van der Waals surface area (Å²) in [5.41, 5.74) is 8.31. The highest BCUT2D eigenvalue weighted by Crippen LogP contribution is 2.39. The average Bonchev–Trinajstić information content (AvgIpc) is 3.30. The zero-order valence-corrected chi connectivity index (χ0v) is 21.6. The first-order valence-corrected chi connectivity index (χ1v) is 12.4. The van der Waals surface area contributed by atoms with E-state index < -0.39 is 6.36 Å². The van der Waals surface area contributed by atoms with E-state index in [1.807, 2.05) is 18.2 Å². The summed E-state index contributed by atoms with van der Waals surface area (Å²) in [4.78, 5) is 0. The summed E-state index contributed by atoms with van der Waals surface area (Å²) in [7, 11) is 0. The van der Waals surface area contributed by atoms with Crippen molar-refractivity contribution in [2.75, 3.05) is 5.32 Å². The lowest BCUT2D eigenvalue weighted by Gasteiger charge is -2.16. The molecule has 0 bridgehead atoms. The zero-order chi connectivity index (χ0) is 26.9. The first-order chi connectivity index (χ1) is 18.2. The lowest BCUT2D eigenvalue weighted by molar-refractivity contribution is -0.274. The molecule has 1 aliphatic rings. The summed E-state index contributed by atoms with van der Waals surface area (Å²) < 4.78 is 46.9. The van der Waals surface area contributed by atoms with Crippen molar-refractivity contribution in [2.24, 2.45) is 5.10 Å². The standard InChI is InChI=1S/C26H17Cl2F3N4O2S/c27-20-2-1-3-21(28)23(20)33-25(38)34-32-13-14-4-10-18-16(12-14)7-11-19-22(18)35-37-24(19)15-5-8-17(9-6-15)36-26(29,30)31/h1-6,8-10,12-13H,7,11H2,(H2,33,34,38). The quantitative estimate of drug-likeness (QED) is 0.144. The van der Waals surface area contributed by atoms with E-state index in [4.69, 9.17) is 39.9 Å². The number of hydrogen-bond donors (Lipinski definition) is 2. The molecule has 0 saturated carbocycles. The highest BCUT2D eigenvalue weighted by atomic mass is 35.5. The topological polar surface area (TPSA) is 71.7 Å². The maximum absolute atomic E-state index is 12.4. The number of thiocarbonyl (C=S) groups is 1. The molecule has 0 saturated heterocycles. The van der Waals surface area contributed by atoms with Crippen molar-refractivity contribution >= 4 is 52.4 Å². The molecule has 0 unspecified atom stereocenters. The predicted molar refractivity (Wildman–Crippen MR) is 145 cm³/mol. The van der Waals surface area contributed by atoms with Crippen LogP contribution in [-0.4, -0.2) is 22.8 Å². The van der Waals surface area contributed by atoms with Crippen LogP contribution in [0.5, 0.6) is 5.75 Å². The molecular formula is C26H17Cl2F3N4O2S. The van der Waals surface area contributed by atoms with Crippen LogP contribution in [0.4, 0.5) is 18.9 Å². The fourth-order valence-corrected chi connectivity index (χ4v) is 4.75. The van der Waals surface area contributed by atoms with Gasteiger partial charge in [-0.1, -0.05) is 46.6 Å². The number of halogens is 5.